The van der Waals surface area contributed by atoms with Crippen LogP contribution in [0.1, 0.15) is 47.5 Å². The normalized spacial score (nSPS) is 16.9. The Balaban J connectivity index is 4.97. The van der Waals surface area contributed by atoms with Gasteiger partial charge >= 0.3 is 0 Å². The lowest BCUT2D eigenvalue weighted by Crippen LogP contribution is -2.49. The summed E-state index contributed by atoms with van der Waals surface area (Å²) in [7, 11) is -6.14. The molecule has 0 bridgehead atoms. The molecule has 8 heteroatoms. The number of aldehydes is 1. The molecule has 0 saturated carbocycles. The SMILES string of the molecule is CC(C)(CC(Cl)CCS(=O)(=O)O)[C@H](C=O)O[Si](C)(C)C(C)(C)C. The summed E-state index contributed by atoms with van der Waals surface area (Å²) in [5.74, 6) is -0.383. The Morgan fingerprint density at radius 3 is 2.04 bits per heavy atom. The molecule has 0 heterocycles. The molecule has 1 unspecified atom stereocenters. The Hall–Kier alpha value is 0.0469. The molecule has 0 aromatic carbocycles. The Labute approximate surface area is 147 Å². The van der Waals surface area contributed by atoms with E-state index in [1.807, 2.05) is 13.8 Å². The van der Waals surface area contributed by atoms with Crippen molar-refractivity contribution >= 4 is 36.3 Å². The predicted octanol–water partition coefficient (Wildman–Crippen LogP) is 3.88. The largest absolute Gasteiger partial charge is 0.407 e. The van der Waals surface area contributed by atoms with Gasteiger partial charge in [-0.3, -0.25) is 4.55 Å². The van der Waals surface area contributed by atoms with E-state index in [9.17, 15) is 13.2 Å². The van der Waals surface area contributed by atoms with Gasteiger partial charge in [0.05, 0.1) is 5.75 Å². The Morgan fingerprint density at radius 1 is 1.22 bits per heavy atom. The standard InChI is InChI=1S/C15H31ClO5SSi/c1-14(2,3)23(6,7)21-13(11-17)15(4,5)10-12(16)8-9-22(18,19)20/h11-13H,8-10H2,1-7H3,(H,18,19,20)/t12?,13-/m0/s1. The van der Waals surface area contributed by atoms with E-state index < -0.39 is 35.3 Å². The maximum Gasteiger partial charge on any atom is 0.264 e. The highest BCUT2D eigenvalue weighted by Crippen LogP contribution is 2.40. The number of alkyl halides is 1. The van der Waals surface area contributed by atoms with Crippen LogP contribution in [0.15, 0.2) is 0 Å². The molecule has 0 rings (SSSR count). The van der Waals surface area contributed by atoms with Gasteiger partial charge in [0.2, 0.25) is 0 Å². The summed E-state index contributed by atoms with van der Waals surface area (Å²) in [6.07, 6.45) is 0.764. The van der Waals surface area contributed by atoms with E-state index in [1.54, 1.807) is 0 Å². The molecule has 1 N–H and O–H groups in total. The lowest BCUT2D eigenvalue weighted by molar-refractivity contribution is -0.119. The fraction of sp³-hybridized carbons (Fsp3) is 0.933. The first-order valence-corrected chi connectivity index (χ1v) is 12.7. The van der Waals surface area contributed by atoms with E-state index in [1.165, 1.54) is 0 Å². The van der Waals surface area contributed by atoms with Gasteiger partial charge in [0, 0.05) is 5.38 Å². The van der Waals surface area contributed by atoms with E-state index in [0.717, 1.165) is 6.29 Å². The van der Waals surface area contributed by atoms with E-state index >= 15 is 0 Å². The molecule has 2 atom stereocenters. The summed E-state index contributed by atoms with van der Waals surface area (Å²) in [4.78, 5) is 11.6. The minimum atomic E-state index is -4.03. The van der Waals surface area contributed by atoms with Gasteiger partial charge < -0.3 is 9.22 Å². The maximum absolute atomic E-state index is 11.6. The molecule has 0 amide bonds. The fourth-order valence-corrected chi connectivity index (χ4v) is 4.51. The number of carbonyl (C=O) groups excluding carboxylic acids is 1. The van der Waals surface area contributed by atoms with E-state index in [2.05, 4.69) is 33.9 Å². The highest BCUT2D eigenvalue weighted by Gasteiger charge is 2.43. The average molecular weight is 387 g/mol. The number of halogens is 1. The van der Waals surface area contributed by atoms with Crippen LogP contribution >= 0.6 is 11.6 Å². The van der Waals surface area contributed by atoms with Crippen molar-refractivity contribution in [2.24, 2.45) is 5.41 Å². The third-order valence-corrected chi connectivity index (χ3v) is 10.1. The van der Waals surface area contributed by atoms with Crippen molar-refractivity contribution in [2.75, 3.05) is 5.75 Å². The van der Waals surface area contributed by atoms with Gasteiger partial charge in [0.15, 0.2) is 8.32 Å². The van der Waals surface area contributed by atoms with Crippen molar-refractivity contribution in [3.05, 3.63) is 0 Å². The van der Waals surface area contributed by atoms with Gasteiger partial charge in [-0.15, -0.1) is 11.6 Å². The molecule has 23 heavy (non-hydrogen) atoms. The quantitative estimate of drug-likeness (QED) is 0.281. The van der Waals surface area contributed by atoms with Crippen molar-refractivity contribution in [2.45, 2.75) is 77.1 Å². The number of hydrogen-bond acceptors (Lipinski definition) is 4. The highest BCUT2D eigenvalue weighted by atomic mass is 35.5. The zero-order chi connectivity index (χ0) is 18.7. The third-order valence-electron chi connectivity index (χ3n) is 4.56. The smallest absolute Gasteiger partial charge is 0.264 e. The van der Waals surface area contributed by atoms with Gasteiger partial charge in [0.1, 0.15) is 12.4 Å². The first kappa shape index (κ1) is 23.0. The van der Waals surface area contributed by atoms with Crippen LogP contribution in [0.2, 0.25) is 18.1 Å². The van der Waals surface area contributed by atoms with Crippen LogP contribution in [0.25, 0.3) is 0 Å². The first-order chi connectivity index (χ1) is 10.0. The summed E-state index contributed by atoms with van der Waals surface area (Å²) in [5, 5.41) is -0.479. The van der Waals surface area contributed by atoms with Gasteiger partial charge in [-0.1, -0.05) is 34.6 Å². The lowest BCUT2D eigenvalue weighted by Gasteiger charge is -2.42. The van der Waals surface area contributed by atoms with Gasteiger partial charge in [-0.25, -0.2) is 0 Å². The van der Waals surface area contributed by atoms with Crippen molar-refractivity contribution in [1.82, 2.24) is 0 Å². The average Bonchev–Trinajstić information content (AvgIpc) is 2.30. The zero-order valence-corrected chi connectivity index (χ0v) is 17.8. The summed E-state index contributed by atoms with van der Waals surface area (Å²) < 4.78 is 36.6. The van der Waals surface area contributed by atoms with E-state index in [4.69, 9.17) is 20.6 Å². The molecule has 138 valence electrons. The second-order valence-electron chi connectivity index (χ2n) is 8.30. The fourth-order valence-electron chi connectivity index (χ4n) is 1.93. The number of carbonyl (C=O) groups is 1. The molecule has 5 nitrogen and oxygen atoms in total. The van der Waals surface area contributed by atoms with E-state index in [-0.39, 0.29) is 17.2 Å². The summed E-state index contributed by atoms with van der Waals surface area (Å²) in [6.45, 7) is 14.2. The molecular weight excluding hydrogens is 356 g/mol. The monoisotopic (exact) mass is 386 g/mol. The molecule has 0 aliphatic heterocycles. The maximum atomic E-state index is 11.6. The second-order valence-corrected chi connectivity index (χ2v) is 15.2. The van der Waals surface area contributed by atoms with Crippen molar-refractivity contribution in [3.63, 3.8) is 0 Å². The molecule has 0 spiro atoms. The van der Waals surface area contributed by atoms with Crippen molar-refractivity contribution in [1.29, 1.82) is 0 Å². The zero-order valence-electron chi connectivity index (χ0n) is 15.2. The van der Waals surface area contributed by atoms with Crippen LogP contribution in [0.3, 0.4) is 0 Å². The lowest BCUT2D eigenvalue weighted by atomic mass is 9.82. The number of rotatable bonds is 9. The molecule has 0 aliphatic rings. The van der Waals surface area contributed by atoms with Crippen LogP contribution in [0, 0.1) is 5.41 Å². The number of hydrogen-bond donors (Lipinski definition) is 1. The van der Waals surface area contributed by atoms with Gasteiger partial charge in [-0.2, -0.15) is 8.42 Å². The summed E-state index contributed by atoms with van der Waals surface area (Å²) in [5.41, 5.74) is -0.525. The first-order valence-electron chi connectivity index (χ1n) is 7.74. The van der Waals surface area contributed by atoms with Crippen LogP contribution in [0.5, 0.6) is 0 Å². The van der Waals surface area contributed by atoms with Gasteiger partial charge in [-0.05, 0) is 36.4 Å². The van der Waals surface area contributed by atoms with E-state index in [0.29, 0.717) is 6.42 Å². The molecule has 0 radical (unpaired) electrons. The minimum Gasteiger partial charge on any atom is -0.407 e. The molecule has 0 aliphatic carbocycles. The van der Waals surface area contributed by atoms with Crippen molar-refractivity contribution in [3.8, 4) is 0 Å². The summed E-state index contributed by atoms with van der Waals surface area (Å²) >= 11 is 6.20. The van der Waals surface area contributed by atoms with Gasteiger partial charge in [0.25, 0.3) is 10.1 Å². The molecule has 0 aromatic heterocycles. The molecule has 0 saturated heterocycles. The minimum absolute atomic E-state index is 0.0182. The Bertz CT molecular complexity index is 496. The molecule has 0 fully saturated rings. The Kier molecular flexibility index (Phi) is 7.97. The summed E-state index contributed by atoms with van der Waals surface area (Å²) in [6, 6.07) is 0. The van der Waals surface area contributed by atoms with Crippen LogP contribution in [-0.4, -0.2) is 44.8 Å². The highest BCUT2D eigenvalue weighted by molar-refractivity contribution is 7.85. The van der Waals surface area contributed by atoms with Crippen LogP contribution in [0.4, 0.5) is 0 Å². The predicted molar refractivity (Wildman–Crippen MR) is 97.2 cm³/mol. The molecule has 0 aromatic rings. The second kappa shape index (κ2) is 7.95. The van der Waals surface area contributed by atoms with Crippen LogP contribution in [-0.2, 0) is 19.3 Å². The topological polar surface area (TPSA) is 80.7 Å². The van der Waals surface area contributed by atoms with Crippen molar-refractivity contribution < 1.29 is 22.2 Å². The Morgan fingerprint density at radius 2 is 1.70 bits per heavy atom. The molecular formula is C15H31ClO5SSi. The third kappa shape index (κ3) is 8.11. The van der Waals surface area contributed by atoms with Crippen LogP contribution < -0.4 is 0 Å².